The Balaban J connectivity index is 1.92. The smallest absolute Gasteiger partial charge is 0.235 e. The number of rotatable bonds is 2. The van der Waals surface area contributed by atoms with Gasteiger partial charge in [-0.3, -0.25) is 4.79 Å². The normalized spacial score (nSPS) is 16.7. The number of benzene rings is 2. The number of aryl methyl sites for hydroxylation is 2. The number of anilines is 1. The van der Waals surface area contributed by atoms with Crippen LogP contribution in [0.5, 0.6) is 0 Å². The molecule has 132 valence electrons. The number of nitrogens with one attached hydrogen (secondary N) is 1. The molecule has 1 N–H and O–H groups in total. The minimum atomic E-state index is -0.0281. The quantitative estimate of drug-likeness (QED) is 0.683. The Morgan fingerprint density at radius 1 is 1.19 bits per heavy atom. The van der Waals surface area contributed by atoms with Crippen molar-refractivity contribution >= 4 is 35.1 Å². The van der Waals surface area contributed by atoms with Crippen molar-refractivity contribution < 1.29 is 4.79 Å². The van der Waals surface area contributed by atoms with Gasteiger partial charge < -0.3 is 5.32 Å². The van der Waals surface area contributed by atoms with Gasteiger partial charge in [0.1, 0.15) is 5.82 Å². The second-order valence-electron chi connectivity index (χ2n) is 6.36. The maximum Gasteiger partial charge on any atom is 0.235 e. The lowest BCUT2D eigenvalue weighted by molar-refractivity contribution is -0.113. The topological polar surface area (TPSA) is 46.9 Å². The lowest BCUT2D eigenvalue weighted by atomic mass is 10.0. The van der Waals surface area contributed by atoms with E-state index < -0.39 is 0 Å². The Morgan fingerprint density at radius 2 is 2.00 bits per heavy atom. The molecule has 1 aliphatic heterocycles. The molecule has 2 aromatic carbocycles. The van der Waals surface area contributed by atoms with Crippen molar-refractivity contribution in [2.24, 2.45) is 0 Å². The maximum atomic E-state index is 12.4. The Bertz CT molecular complexity index is 998. The van der Waals surface area contributed by atoms with Gasteiger partial charge in [0.05, 0.1) is 27.4 Å². The van der Waals surface area contributed by atoms with Crippen LogP contribution < -0.4 is 5.32 Å². The highest BCUT2D eigenvalue weighted by Gasteiger charge is 2.30. The van der Waals surface area contributed by atoms with E-state index in [1.165, 1.54) is 11.1 Å². The first kappa shape index (κ1) is 17.2. The second-order valence-corrected chi connectivity index (χ2v) is 7.86. The molecule has 0 saturated carbocycles. The molecule has 3 aromatic rings. The van der Waals surface area contributed by atoms with Crippen LogP contribution in [0.3, 0.4) is 0 Å². The average Bonchev–Trinajstić information content (AvgIpc) is 2.82. The van der Waals surface area contributed by atoms with E-state index in [0.29, 0.717) is 16.6 Å². The van der Waals surface area contributed by atoms with E-state index in [0.717, 1.165) is 16.9 Å². The van der Waals surface area contributed by atoms with Gasteiger partial charge in [-0.2, -0.15) is 5.10 Å². The lowest BCUT2D eigenvalue weighted by Gasteiger charge is -2.16. The third kappa shape index (κ3) is 3.02. The largest absolute Gasteiger partial charge is 0.310 e. The SMILES string of the molecule is Cc1cccc([C@H]2SCC(=O)Nc3c2c(C)nn3-c2ccccc2Cl)c1. The standard InChI is InChI=1S/C20H18ClN3OS/c1-12-6-5-7-14(10-12)19-18-13(2)23-24(16-9-4-3-8-15(16)21)20(18)22-17(25)11-26-19/h3-10,19H,11H2,1-2H3,(H,22,25)/t19-/m1/s1. The number of amides is 1. The number of thioether (sulfide) groups is 1. The van der Waals surface area contributed by atoms with Crippen molar-refractivity contribution in [3.8, 4) is 5.69 Å². The Kier molecular flexibility index (Phi) is 4.51. The van der Waals surface area contributed by atoms with Crippen molar-refractivity contribution in [2.45, 2.75) is 19.1 Å². The van der Waals surface area contributed by atoms with E-state index in [9.17, 15) is 4.79 Å². The van der Waals surface area contributed by atoms with Crippen LogP contribution in [0.4, 0.5) is 5.82 Å². The van der Waals surface area contributed by atoms with Crippen LogP contribution in [0.1, 0.15) is 27.6 Å². The number of hydrogen-bond acceptors (Lipinski definition) is 3. The highest BCUT2D eigenvalue weighted by molar-refractivity contribution is 8.00. The lowest BCUT2D eigenvalue weighted by Crippen LogP contribution is -2.16. The molecule has 0 fully saturated rings. The number of nitrogens with zero attached hydrogens (tertiary/aromatic N) is 2. The molecular weight excluding hydrogens is 366 g/mol. The molecule has 1 amide bonds. The monoisotopic (exact) mass is 383 g/mol. The highest BCUT2D eigenvalue weighted by atomic mass is 35.5. The molecule has 0 unspecified atom stereocenters. The van der Waals surface area contributed by atoms with Crippen LogP contribution in [-0.4, -0.2) is 21.4 Å². The maximum absolute atomic E-state index is 12.4. The zero-order valence-corrected chi connectivity index (χ0v) is 16.1. The first-order valence-corrected chi connectivity index (χ1v) is 9.79. The summed E-state index contributed by atoms with van der Waals surface area (Å²) in [5.74, 6) is 1.08. The number of para-hydroxylation sites is 1. The summed E-state index contributed by atoms with van der Waals surface area (Å²) in [5.41, 5.74) is 5.06. The zero-order chi connectivity index (χ0) is 18.3. The number of halogens is 1. The van der Waals surface area contributed by atoms with E-state index in [1.807, 2.05) is 31.2 Å². The van der Waals surface area contributed by atoms with Gasteiger partial charge in [0, 0.05) is 5.56 Å². The fourth-order valence-electron chi connectivity index (χ4n) is 3.28. The summed E-state index contributed by atoms with van der Waals surface area (Å²) in [6, 6.07) is 15.9. The van der Waals surface area contributed by atoms with Gasteiger partial charge >= 0.3 is 0 Å². The number of fused-ring (bicyclic) bond motifs is 1. The fraction of sp³-hybridized carbons (Fsp3) is 0.200. The summed E-state index contributed by atoms with van der Waals surface area (Å²) in [6.07, 6.45) is 0. The van der Waals surface area contributed by atoms with Crippen molar-refractivity contribution in [3.05, 3.63) is 75.9 Å². The van der Waals surface area contributed by atoms with Crippen LogP contribution >= 0.6 is 23.4 Å². The summed E-state index contributed by atoms with van der Waals surface area (Å²) >= 11 is 8.01. The average molecular weight is 384 g/mol. The first-order valence-electron chi connectivity index (χ1n) is 8.37. The van der Waals surface area contributed by atoms with Crippen LogP contribution in [0.25, 0.3) is 5.69 Å². The molecule has 0 spiro atoms. The third-order valence-corrected chi connectivity index (χ3v) is 6.02. The van der Waals surface area contributed by atoms with Gasteiger partial charge in [-0.1, -0.05) is 53.6 Å². The van der Waals surface area contributed by atoms with E-state index in [1.54, 1.807) is 16.4 Å². The summed E-state index contributed by atoms with van der Waals surface area (Å²) in [4.78, 5) is 12.4. The molecule has 0 aliphatic carbocycles. The number of hydrogen-bond donors (Lipinski definition) is 1. The fourth-order valence-corrected chi connectivity index (χ4v) is 4.67. The second kappa shape index (κ2) is 6.82. The molecule has 0 saturated heterocycles. The summed E-state index contributed by atoms with van der Waals surface area (Å²) in [6.45, 7) is 4.06. The van der Waals surface area contributed by atoms with Gasteiger partial charge in [0.15, 0.2) is 0 Å². The van der Waals surface area contributed by atoms with E-state index in [4.69, 9.17) is 16.7 Å². The predicted octanol–water partition coefficient (Wildman–Crippen LogP) is 4.92. The Morgan fingerprint density at radius 3 is 2.77 bits per heavy atom. The van der Waals surface area contributed by atoms with E-state index in [-0.39, 0.29) is 11.2 Å². The van der Waals surface area contributed by atoms with Crippen LogP contribution in [0, 0.1) is 13.8 Å². The molecule has 1 aliphatic rings. The number of carbonyl (C=O) groups is 1. The van der Waals surface area contributed by atoms with E-state index in [2.05, 4.69) is 36.5 Å². The van der Waals surface area contributed by atoms with Crippen LogP contribution in [-0.2, 0) is 4.79 Å². The Hall–Kier alpha value is -2.24. The molecule has 26 heavy (non-hydrogen) atoms. The summed E-state index contributed by atoms with van der Waals surface area (Å²) < 4.78 is 1.75. The minimum absolute atomic E-state index is 0.0281. The summed E-state index contributed by atoms with van der Waals surface area (Å²) in [5, 5.41) is 8.37. The molecule has 4 nitrogen and oxygen atoms in total. The molecule has 0 radical (unpaired) electrons. The predicted molar refractivity (Wildman–Crippen MR) is 107 cm³/mol. The van der Waals surface area contributed by atoms with Gasteiger partial charge in [-0.15, -0.1) is 11.8 Å². The van der Waals surface area contributed by atoms with E-state index >= 15 is 0 Å². The number of aromatic nitrogens is 2. The van der Waals surface area contributed by atoms with Crippen molar-refractivity contribution in [2.75, 3.05) is 11.1 Å². The molecule has 1 aromatic heterocycles. The summed E-state index contributed by atoms with van der Waals surface area (Å²) in [7, 11) is 0. The van der Waals surface area contributed by atoms with Gasteiger partial charge in [0.2, 0.25) is 5.91 Å². The third-order valence-electron chi connectivity index (χ3n) is 4.43. The zero-order valence-electron chi connectivity index (χ0n) is 14.5. The molecule has 1 atom stereocenters. The molecular formula is C20H18ClN3OS. The minimum Gasteiger partial charge on any atom is -0.310 e. The highest BCUT2D eigenvalue weighted by Crippen LogP contribution is 2.44. The molecule has 2 heterocycles. The Labute approximate surface area is 161 Å². The van der Waals surface area contributed by atoms with Crippen LogP contribution in [0.15, 0.2) is 48.5 Å². The van der Waals surface area contributed by atoms with Gasteiger partial charge in [-0.25, -0.2) is 4.68 Å². The van der Waals surface area contributed by atoms with Crippen molar-refractivity contribution in [1.29, 1.82) is 0 Å². The molecule has 4 rings (SSSR count). The van der Waals surface area contributed by atoms with Crippen molar-refractivity contribution in [1.82, 2.24) is 9.78 Å². The number of carbonyl (C=O) groups excluding carboxylic acids is 1. The molecule has 6 heteroatoms. The van der Waals surface area contributed by atoms with Crippen LogP contribution in [0.2, 0.25) is 5.02 Å². The van der Waals surface area contributed by atoms with Gasteiger partial charge in [-0.05, 0) is 31.5 Å². The van der Waals surface area contributed by atoms with Gasteiger partial charge in [0.25, 0.3) is 0 Å². The first-order chi connectivity index (χ1) is 12.5. The van der Waals surface area contributed by atoms with Crippen molar-refractivity contribution in [3.63, 3.8) is 0 Å². The molecule has 0 bridgehead atoms.